The highest BCUT2D eigenvalue weighted by molar-refractivity contribution is 9.11. The molecule has 17 heavy (non-hydrogen) atoms. The van der Waals surface area contributed by atoms with Gasteiger partial charge in [-0.05, 0) is 43.9 Å². The van der Waals surface area contributed by atoms with Gasteiger partial charge in [0.2, 0.25) is 0 Å². The Labute approximate surface area is 121 Å². The van der Waals surface area contributed by atoms with Crippen molar-refractivity contribution < 1.29 is 4.74 Å². The van der Waals surface area contributed by atoms with E-state index in [0.29, 0.717) is 5.92 Å². The normalized spacial score (nSPS) is 14.8. The van der Waals surface area contributed by atoms with Crippen LogP contribution in [0.25, 0.3) is 0 Å². The molecule has 1 nitrogen and oxygen atoms in total. The fraction of sp³-hybridized carbons (Fsp3) is 0.571. The summed E-state index contributed by atoms with van der Waals surface area (Å²) in [5.41, 5.74) is -0.0889. The van der Waals surface area contributed by atoms with Crippen molar-refractivity contribution in [2.45, 2.75) is 46.1 Å². The second kappa shape index (κ2) is 6.24. The molecule has 1 atom stereocenters. The van der Waals surface area contributed by atoms with E-state index in [4.69, 9.17) is 4.74 Å². The molecule has 1 rings (SSSR count). The van der Waals surface area contributed by atoms with Gasteiger partial charge >= 0.3 is 0 Å². The smallest absolute Gasteiger partial charge is 0.122 e. The third kappa shape index (κ3) is 5.01. The fourth-order valence-corrected chi connectivity index (χ4v) is 3.25. The molecule has 0 spiro atoms. The molecule has 0 saturated heterocycles. The first kappa shape index (κ1) is 15.0. The molecule has 0 amide bonds. The fourth-order valence-electron chi connectivity index (χ4n) is 1.99. The summed E-state index contributed by atoms with van der Waals surface area (Å²) >= 11 is 6.97. The van der Waals surface area contributed by atoms with Crippen LogP contribution in [0.1, 0.15) is 40.5 Å². The lowest BCUT2D eigenvalue weighted by molar-refractivity contribution is 0.0615. The highest BCUT2D eigenvalue weighted by Gasteiger charge is 2.25. The van der Waals surface area contributed by atoms with E-state index in [1.165, 1.54) is 0 Å². The zero-order chi connectivity index (χ0) is 13.1. The second-order valence-electron chi connectivity index (χ2n) is 5.11. The third-order valence-corrected chi connectivity index (χ3v) is 3.70. The Balaban J connectivity index is 2.86. The van der Waals surface area contributed by atoms with Gasteiger partial charge in [-0.3, -0.25) is 0 Å². The Hall–Kier alpha value is -0.0200. The van der Waals surface area contributed by atoms with Gasteiger partial charge in [0.1, 0.15) is 11.4 Å². The summed E-state index contributed by atoms with van der Waals surface area (Å²) in [6.45, 7) is 8.82. The summed E-state index contributed by atoms with van der Waals surface area (Å²) in [6.07, 6.45) is 2.07. The summed E-state index contributed by atoms with van der Waals surface area (Å²) < 4.78 is 8.23. The van der Waals surface area contributed by atoms with Gasteiger partial charge in [-0.15, -0.1) is 0 Å². The maximum absolute atomic E-state index is 6.16. The summed E-state index contributed by atoms with van der Waals surface area (Å²) in [6, 6.07) is 6.04. The number of rotatable bonds is 5. The Morgan fingerprint density at radius 3 is 2.12 bits per heavy atom. The van der Waals surface area contributed by atoms with Gasteiger partial charge < -0.3 is 4.74 Å². The van der Waals surface area contributed by atoms with E-state index in [1.807, 2.05) is 18.2 Å². The maximum Gasteiger partial charge on any atom is 0.122 e. The van der Waals surface area contributed by atoms with Gasteiger partial charge in [0, 0.05) is 8.95 Å². The largest absolute Gasteiger partial charge is 0.488 e. The maximum atomic E-state index is 6.16. The quantitative estimate of drug-likeness (QED) is 0.641. The van der Waals surface area contributed by atoms with Crippen LogP contribution in [0.2, 0.25) is 0 Å². The minimum atomic E-state index is -0.0889. The van der Waals surface area contributed by atoms with E-state index in [-0.39, 0.29) is 5.60 Å². The Bertz CT molecular complexity index is 356. The van der Waals surface area contributed by atoms with Gasteiger partial charge in [0.15, 0.2) is 0 Å². The van der Waals surface area contributed by atoms with Crippen LogP contribution in [0.5, 0.6) is 5.75 Å². The van der Waals surface area contributed by atoms with E-state index in [0.717, 1.165) is 27.5 Å². The topological polar surface area (TPSA) is 9.23 Å². The number of hydrogen-bond acceptors (Lipinski definition) is 1. The molecule has 0 aromatic heterocycles. The van der Waals surface area contributed by atoms with Gasteiger partial charge in [-0.2, -0.15) is 0 Å². The standard InChI is InChI=1S/C14H20Br2O/c1-5-14(4,9-10(2)3)17-13-7-11(15)6-12(16)8-13/h6-8,10H,5,9H2,1-4H3. The molecule has 0 aliphatic carbocycles. The lowest BCUT2D eigenvalue weighted by Crippen LogP contribution is -2.33. The van der Waals surface area contributed by atoms with E-state index in [9.17, 15) is 0 Å². The van der Waals surface area contributed by atoms with Crippen molar-refractivity contribution in [1.82, 2.24) is 0 Å². The van der Waals surface area contributed by atoms with Crippen molar-refractivity contribution >= 4 is 31.9 Å². The molecular formula is C14H20Br2O. The van der Waals surface area contributed by atoms with Gasteiger partial charge in [-0.1, -0.05) is 52.6 Å². The number of ether oxygens (including phenoxy) is 1. The van der Waals surface area contributed by atoms with Crippen molar-refractivity contribution in [1.29, 1.82) is 0 Å². The van der Waals surface area contributed by atoms with Crippen molar-refractivity contribution in [3.8, 4) is 5.75 Å². The molecule has 96 valence electrons. The number of benzene rings is 1. The summed E-state index contributed by atoms with van der Waals surface area (Å²) in [5.74, 6) is 1.55. The molecule has 0 aliphatic heterocycles. The first-order valence-corrected chi connectivity index (χ1v) is 7.58. The molecule has 0 radical (unpaired) electrons. The first-order chi connectivity index (χ1) is 7.84. The second-order valence-corrected chi connectivity index (χ2v) is 6.94. The minimum absolute atomic E-state index is 0.0889. The van der Waals surface area contributed by atoms with E-state index in [2.05, 4.69) is 59.6 Å². The SMILES string of the molecule is CCC(C)(CC(C)C)Oc1cc(Br)cc(Br)c1. The molecule has 0 aliphatic rings. The van der Waals surface area contributed by atoms with Crippen LogP contribution in [-0.4, -0.2) is 5.60 Å². The van der Waals surface area contributed by atoms with Gasteiger partial charge in [0.05, 0.1) is 0 Å². The van der Waals surface area contributed by atoms with Gasteiger partial charge in [0.25, 0.3) is 0 Å². The lowest BCUT2D eigenvalue weighted by Gasteiger charge is -2.31. The molecule has 3 heteroatoms. The molecule has 0 saturated carbocycles. The highest BCUT2D eigenvalue weighted by atomic mass is 79.9. The van der Waals surface area contributed by atoms with Crippen molar-refractivity contribution in [2.24, 2.45) is 5.92 Å². The number of halogens is 2. The van der Waals surface area contributed by atoms with Crippen LogP contribution in [-0.2, 0) is 0 Å². The minimum Gasteiger partial charge on any atom is -0.488 e. The number of hydrogen-bond donors (Lipinski definition) is 0. The lowest BCUT2D eigenvalue weighted by atomic mass is 9.91. The molecule has 1 aromatic rings. The van der Waals surface area contributed by atoms with Crippen LogP contribution >= 0.6 is 31.9 Å². The highest BCUT2D eigenvalue weighted by Crippen LogP contribution is 2.31. The van der Waals surface area contributed by atoms with E-state index < -0.39 is 0 Å². The molecular weight excluding hydrogens is 344 g/mol. The Morgan fingerprint density at radius 1 is 1.18 bits per heavy atom. The summed E-state index contributed by atoms with van der Waals surface area (Å²) in [7, 11) is 0. The monoisotopic (exact) mass is 362 g/mol. The Morgan fingerprint density at radius 2 is 1.71 bits per heavy atom. The van der Waals surface area contributed by atoms with Crippen molar-refractivity contribution in [3.63, 3.8) is 0 Å². The van der Waals surface area contributed by atoms with Crippen molar-refractivity contribution in [2.75, 3.05) is 0 Å². The molecule has 1 unspecified atom stereocenters. The van der Waals surface area contributed by atoms with E-state index in [1.54, 1.807) is 0 Å². The Kier molecular flexibility index (Phi) is 5.52. The molecule has 0 N–H and O–H groups in total. The molecule has 0 fully saturated rings. The van der Waals surface area contributed by atoms with Crippen LogP contribution in [0.4, 0.5) is 0 Å². The predicted molar refractivity (Wildman–Crippen MR) is 80.6 cm³/mol. The third-order valence-electron chi connectivity index (χ3n) is 2.79. The zero-order valence-electron chi connectivity index (χ0n) is 10.9. The summed E-state index contributed by atoms with van der Waals surface area (Å²) in [4.78, 5) is 0. The summed E-state index contributed by atoms with van der Waals surface area (Å²) in [5, 5.41) is 0. The van der Waals surface area contributed by atoms with Crippen LogP contribution in [0.3, 0.4) is 0 Å². The van der Waals surface area contributed by atoms with Crippen LogP contribution in [0.15, 0.2) is 27.1 Å². The van der Waals surface area contributed by atoms with E-state index >= 15 is 0 Å². The average molecular weight is 364 g/mol. The molecule has 1 aromatic carbocycles. The zero-order valence-corrected chi connectivity index (χ0v) is 14.1. The van der Waals surface area contributed by atoms with Crippen LogP contribution in [0, 0.1) is 5.92 Å². The average Bonchev–Trinajstić information content (AvgIpc) is 2.14. The van der Waals surface area contributed by atoms with Crippen LogP contribution < -0.4 is 4.74 Å². The molecule has 0 heterocycles. The van der Waals surface area contributed by atoms with Gasteiger partial charge in [-0.25, -0.2) is 0 Å². The first-order valence-electron chi connectivity index (χ1n) is 6.00. The van der Waals surface area contributed by atoms with Crippen molar-refractivity contribution in [3.05, 3.63) is 27.1 Å². The predicted octanol–water partition coefficient (Wildman–Crippen LogP) is 5.81. The molecule has 0 bridgehead atoms.